The molecular formula is C63H43N3O. The molecule has 0 bridgehead atoms. The van der Waals surface area contributed by atoms with Crippen molar-refractivity contribution in [2.75, 3.05) is 0 Å². The van der Waals surface area contributed by atoms with Crippen LogP contribution in [0.15, 0.2) is 258 Å². The summed E-state index contributed by atoms with van der Waals surface area (Å²) in [6.07, 6.45) is 1.82. The lowest BCUT2D eigenvalue weighted by Crippen LogP contribution is -2.24. The first kappa shape index (κ1) is 39.7. The van der Waals surface area contributed by atoms with Gasteiger partial charge in [-0.15, -0.1) is 0 Å². The molecule has 67 heavy (non-hydrogen) atoms. The monoisotopic (exact) mass is 857 g/mol. The van der Waals surface area contributed by atoms with Crippen molar-refractivity contribution < 1.29 is 4.42 Å². The molecule has 0 fully saturated rings. The van der Waals surface area contributed by atoms with Gasteiger partial charge in [0.2, 0.25) is 0 Å². The van der Waals surface area contributed by atoms with Gasteiger partial charge in [-0.3, -0.25) is 4.99 Å². The first-order chi connectivity index (χ1) is 33.2. The normalized spacial score (nSPS) is 13.5. The second-order valence-electron chi connectivity index (χ2n) is 16.9. The molecule has 4 heteroatoms. The molecule has 3 heterocycles. The number of furan rings is 1. The van der Waals surface area contributed by atoms with Gasteiger partial charge in [0.05, 0.1) is 17.1 Å². The Hall–Kier alpha value is -8.86. The number of hydrogen-bond donors (Lipinski definition) is 1. The molecule has 2 aromatic heterocycles. The third-order valence-electron chi connectivity index (χ3n) is 12.7. The molecule has 0 spiro atoms. The number of nitrogens with zero attached hydrogens (tertiary/aromatic N) is 2. The Morgan fingerprint density at radius 1 is 0.373 bits per heavy atom. The van der Waals surface area contributed by atoms with Crippen molar-refractivity contribution >= 4 is 33.3 Å². The third kappa shape index (κ3) is 7.51. The summed E-state index contributed by atoms with van der Waals surface area (Å²) in [5, 5.41) is 6.04. The molecule has 9 aromatic carbocycles. The average Bonchev–Trinajstić information content (AvgIpc) is 3.81. The highest BCUT2D eigenvalue weighted by atomic mass is 16.3. The second kappa shape index (κ2) is 17.3. The fraction of sp³-hybridized carbons (Fsp3) is 0.0159. The van der Waals surface area contributed by atoms with Crippen LogP contribution in [0.3, 0.4) is 0 Å². The number of nitrogens with one attached hydrogen (secondary N) is 1. The summed E-state index contributed by atoms with van der Waals surface area (Å²) < 4.78 is 6.48. The van der Waals surface area contributed by atoms with Crippen LogP contribution in [0, 0.1) is 0 Å². The van der Waals surface area contributed by atoms with Crippen molar-refractivity contribution in [3.8, 4) is 67.0 Å². The van der Waals surface area contributed by atoms with E-state index < -0.39 is 0 Å². The number of para-hydroxylation sites is 2. The van der Waals surface area contributed by atoms with Crippen LogP contribution in [0.4, 0.5) is 0 Å². The molecule has 0 saturated carbocycles. The van der Waals surface area contributed by atoms with E-state index in [9.17, 15) is 0 Å². The number of pyridine rings is 1. The molecule has 12 rings (SSSR count). The zero-order valence-corrected chi connectivity index (χ0v) is 36.6. The number of aromatic nitrogens is 1. The van der Waals surface area contributed by atoms with E-state index in [2.05, 4.69) is 242 Å². The minimum Gasteiger partial charge on any atom is -0.455 e. The van der Waals surface area contributed by atoms with Gasteiger partial charge in [0.1, 0.15) is 17.3 Å². The lowest BCUT2D eigenvalue weighted by molar-refractivity contribution is 0.664. The molecular weight excluding hydrogens is 815 g/mol. The number of allylic oxidation sites excluding steroid dienone is 1. The van der Waals surface area contributed by atoms with Gasteiger partial charge in [0.25, 0.3) is 0 Å². The van der Waals surface area contributed by atoms with E-state index in [0.717, 1.165) is 117 Å². The SMILES string of the molecule is C1=C(c2ccccc2)NC(c2ccc(-c3c(-c4ccccc4)c(-c4ccccc4)nc(-c4ccccc4)c3-c3ccccc3)cc2)N=C1c1cccc(-c2cccc3c2oc2ccccc23)c1. The topological polar surface area (TPSA) is 50.4 Å². The van der Waals surface area contributed by atoms with Crippen LogP contribution in [0.2, 0.25) is 0 Å². The summed E-state index contributed by atoms with van der Waals surface area (Å²) in [5.74, 6) is 0. The average molecular weight is 858 g/mol. The summed E-state index contributed by atoms with van der Waals surface area (Å²) in [5.41, 5.74) is 19.6. The number of aliphatic imine (C=N–C) groups is 1. The summed E-state index contributed by atoms with van der Waals surface area (Å²) in [6.45, 7) is 0. The summed E-state index contributed by atoms with van der Waals surface area (Å²) in [6, 6.07) is 85.3. The van der Waals surface area contributed by atoms with Crippen molar-refractivity contribution in [1.82, 2.24) is 10.3 Å². The van der Waals surface area contributed by atoms with Crippen LogP contribution < -0.4 is 5.32 Å². The Kier molecular flexibility index (Phi) is 10.2. The molecule has 11 aromatic rings. The Labute approximate surface area is 389 Å². The largest absolute Gasteiger partial charge is 0.455 e. The van der Waals surface area contributed by atoms with Gasteiger partial charge in [0, 0.05) is 55.4 Å². The molecule has 0 amide bonds. The molecule has 1 atom stereocenters. The minimum atomic E-state index is -0.355. The van der Waals surface area contributed by atoms with Gasteiger partial charge in [0.15, 0.2) is 0 Å². The van der Waals surface area contributed by atoms with Gasteiger partial charge in [-0.05, 0) is 51.6 Å². The van der Waals surface area contributed by atoms with E-state index in [1.807, 2.05) is 12.1 Å². The van der Waals surface area contributed by atoms with Gasteiger partial charge in [-0.1, -0.05) is 231 Å². The van der Waals surface area contributed by atoms with E-state index in [1.54, 1.807) is 0 Å². The molecule has 1 aliphatic heterocycles. The summed E-state index contributed by atoms with van der Waals surface area (Å²) in [4.78, 5) is 11.1. The van der Waals surface area contributed by atoms with Crippen LogP contribution in [0.25, 0.3) is 94.7 Å². The van der Waals surface area contributed by atoms with E-state index in [-0.39, 0.29) is 6.17 Å². The zero-order chi connectivity index (χ0) is 44.5. The predicted octanol–water partition coefficient (Wildman–Crippen LogP) is 16.1. The van der Waals surface area contributed by atoms with E-state index in [1.165, 1.54) is 0 Å². The van der Waals surface area contributed by atoms with Gasteiger partial charge >= 0.3 is 0 Å². The summed E-state index contributed by atoms with van der Waals surface area (Å²) in [7, 11) is 0. The highest BCUT2D eigenvalue weighted by molar-refractivity contribution is 6.14. The van der Waals surface area contributed by atoms with Crippen molar-refractivity contribution in [2.24, 2.45) is 4.99 Å². The zero-order valence-electron chi connectivity index (χ0n) is 36.6. The first-order valence-corrected chi connectivity index (χ1v) is 22.8. The lowest BCUT2D eigenvalue weighted by atomic mass is 9.83. The number of benzene rings is 9. The molecule has 0 radical (unpaired) electrons. The van der Waals surface area contributed by atoms with Crippen molar-refractivity contribution in [2.45, 2.75) is 6.17 Å². The number of rotatable bonds is 9. The first-order valence-electron chi connectivity index (χ1n) is 22.8. The maximum absolute atomic E-state index is 6.48. The summed E-state index contributed by atoms with van der Waals surface area (Å²) >= 11 is 0. The molecule has 0 saturated heterocycles. The molecule has 0 aliphatic carbocycles. The smallest absolute Gasteiger partial charge is 0.145 e. The third-order valence-corrected chi connectivity index (χ3v) is 12.7. The van der Waals surface area contributed by atoms with Crippen LogP contribution in [-0.2, 0) is 0 Å². The van der Waals surface area contributed by atoms with Crippen molar-refractivity contribution in [3.05, 3.63) is 265 Å². The quantitative estimate of drug-likeness (QED) is 0.157. The molecule has 316 valence electrons. The van der Waals surface area contributed by atoms with Gasteiger partial charge in [-0.2, -0.15) is 0 Å². The lowest BCUT2D eigenvalue weighted by Gasteiger charge is -2.26. The molecule has 1 unspecified atom stereocenters. The van der Waals surface area contributed by atoms with E-state index in [4.69, 9.17) is 14.4 Å². The highest BCUT2D eigenvalue weighted by Gasteiger charge is 2.26. The van der Waals surface area contributed by atoms with E-state index in [0.29, 0.717) is 0 Å². The number of fused-ring (bicyclic) bond motifs is 3. The standard InChI is InChI=1S/C63H43N3O/c1-6-20-42(21-7-1)54-41-55(50-31-18-30-49(40-50)51-33-19-34-53-52-32-16-17-35-56(52)67-62(51)53)65-63(64-54)48-38-36-45(37-39-48)57-58(43-22-8-2-9-23-43)60(46-26-12-4-13-27-46)66-61(47-28-14-5-15-29-47)59(57)44-24-10-3-11-25-44/h1-41,63-64H. The van der Waals surface area contributed by atoms with Gasteiger partial charge in [-0.25, -0.2) is 4.98 Å². The molecule has 1 N–H and O–H groups in total. The van der Waals surface area contributed by atoms with Crippen molar-refractivity contribution in [1.29, 1.82) is 0 Å². The molecule has 1 aliphatic rings. The Morgan fingerprint density at radius 3 is 1.46 bits per heavy atom. The maximum Gasteiger partial charge on any atom is 0.145 e. The molecule has 4 nitrogen and oxygen atoms in total. The Morgan fingerprint density at radius 2 is 0.851 bits per heavy atom. The highest BCUT2D eigenvalue weighted by Crippen LogP contribution is 2.49. The van der Waals surface area contributed by atoms with Crippen LogP contribution >= 0.6 is 0 Å². The van der Waals surface area contributed by atoms with Crippen LogP contribution in [0.5, 0.6) is 0 Å². The predicted molar refractivity (Wildman–Crippen MR) is 277 cm³/mol. The van der Waals surface area contributed by atoms with Crippen molar-refractivity contribution in [3.63, 3.8) is 0 Å². The Bertz CT molecular complexity index is 3520. The number of hydrogen-bond acceptors (Lipinski definition) is 4. The fourth-order valence-electron chi connectivity index (χ4n) is 9.54. The van der Waals surface area contributed by atoms with Gasteiger partial charge < -0.3 is 9.73 Å². The minimum absolute atomic E-state index is 0.355. The second-order valence-corrected chi connectivity index (χ2v) is 16.9. The van der Waals surface area contributed by atoms with Crippen LogP contribution in [0.1, 0.15) is 22.9 Å². The van der Waals surface area contributed by atoms with E-state index >= 15 is 0 Å². The maximum atomic E-state index is 6.48. The fourth-order valence-corrected chi connectivity index (χ4v) is 9.54. The Balaban J connectivity index is 1.02. The van der Waals surface area contributed by atoms with Crippen LogP contribution in [-0.4, -0.2) is 10.7 Å².